The number of hydrogen-bond donors (Lipinski definition) is 2. The zero-order chi connectivity index (χ0) is 30.6. The minimum absolute atomic E-state index is 0.242. The predicted octanol–water partition coefficient (Wildman–Crippen LogP) is 11.6. The molecule has 3 aromatic rings. The lowest BCUT2D eigenvalue weighted by molar-refractivity contribution is 0.506. The van der Waals surface area contributed by atoms with Gasteiger partial charge in [0.05, 0.1) is 10.0 Å². The Morgan fingerprint density at radius 1 is 0.872 bits per heavy atom. The second kappa shape index (κ2) is 21.2. The van der Waals surface area contributed by atoms with Crippen LogP contribution in [0.4, 0.5) is 5.00 Å². The second-order valence-electron chi connectivity index (χ2n) is 9.16. The number of rotatable bonds is 6. The van der Waals surface area contributed by atoms with E-state index in [1.807, 2.05) is 39.8 Å². The fourth-order valence-corrected chi connectivity index (χ4v) is 4.26. The number of aryl methyl sites for hydroxylation is 2. The van der Waals surface area contributed by atoms with E-state index in [2.05, 4.69) is 110 Å². The van der Waals surface area contributed by atoms with Crippen LogP contribution in [0.15, 0.2) is 83.8 Å². The van der Waals surface area contributed by atoms with Gasteiger partial charge in [-0.2, -0.15) is 0 Å². The quantitative estimate of drug-likeness (QED) is 0.312. The molecule has 39 heavy (non-hydrogen) atoms. The molecule has 0 fully saturated rings. The summed E-state index contributed by atoms with van der Waals surface area (Å²) in [6, 6.07) is 21.2. The zero-order valence-electron chi connectivity index (χ0n) is 26.4. The van der Waals surface area contributed by atoms with Gasteiger partial charge in [0.2, 0.25) is 0 Å². The second-order valence-corrected chi connectivity index (χ2v) is 11.7. The van der Waals surface area contributed by atoms with E-state index in [0.29, 0.717) is 5.03 Å². The van der Waals surface area contributed by atoms with E-state index in [1.54, 1.807) is 17.4 Å². The normalized spacial score (nSPS) is 10.4. The van der Waals surface area contributed by atoms with Crippen LogP contribution in [0.3, 0.4) is 0 Å². The molecule has 1 heterocycles. The van der Waals surface area contributed by atoms with Crippen LogP contribution in [-0.4, -0.2) is 0 Å². The van der Waals surface area contributed by atoms with Crippen LogP contribution in [0.5, 0.6) is 0 Å². The molecule has 0 unspecified atom stereocenters. The zero-order valence-corrected chi connectivity index (χ0v) is 28.1. The van der Waals surface area contributed by atoms with Gasteiger partial charge >= 0.3 is 0 Å². The summed E-state index contributed by atoms with van der Waals surface area (Å²) in [4.78, 5) is 2.33. The minimum atomic E-state index is 0.242. The molecule has 2 aromatic carbocycles. The van der Waals surface area contributed by atoms with Crippen molar-refractivity contribution in [2.45, 2.75) is 88.0 Å². The fourth-order valence-electron chi connectivity index (χ4n) is 2.97. The summed E-state index contributed by atoms with van der Waals surface area (Å²) in [6.45, 7) is 30.5. The number of thiophene rings is 1. The number of nitrogens with two attached hydrogens (primary N) is 2. The first-order valence-corrected chi connectivity index (χ1v) is 15.4. The average Bonchev–Trinajstić information content (AvgIpc) is 3.38. The summed E-state index contributed by atoms with van der Waals surface area (Å²) < 4.78 is 0. The summed E-state index contributed by atoms with van der Waals surface area (Å²) in [5, 5.41) is 1.49. The Morgan fingerprint density at radius 2 is 1.33 bits per heavy atom. The highest BCUT2D eigenvalue weighted by atomic mass is 32.2. The Hall–Kier alpha value is -2.69. The van der Waals surface area contributed by atoms with Crippen molar-refractivity contribution in [2.24, 2.45) is 5.73 Å². The number of benzene rings is 2. The lowest BCUT2D eigenvalue weighted by atomic mass is 9.82. The Balaban J connectivity index is 0. The molecule has 216 valence electrons. The molecule has 0 atom stereocenters. The molecule has 4 heteroatoms. The molecule has 0 bridgehead atoms. The van der Waals surface area contributed by atoms with E-state index >= 15 is 0 Å². The van der Waals surface area contributed by atoms with Gasteiger partial charge in [-0.25, -0.2) is 0 Å². The molecule has 0 aliphatic carbocycles. The molecular weight excluding hydrogens is 513 g/mol. The van der Waals surface area contributed by atoms with Gasteiger partial charge in [0, 0.05) is 4.88 Å². The summed E-state index contributed by atoms with van der Waals surface area (Å²) in [7, 11) is 0. The van der Waals surface area contributed by atoms with Crippen molar-refractivity contribution in [3.8, 4) is 0 Å². The first-order chi connectivity index (χ1) is 18.4. The van der Waals surface area contributed by atoms with Crippen molar-refractivity contribution in [2.75, 3.05) is 5.73 Å². The van der Waals surface area contributed by atoms with Crippen LogP contribution in [0.1, 0.15) is 95.9 Å². The number of allylic oxidation sites excluding steroid dienone is 2. The van der Waals surface area contributed by atoms with Crippen LogP contribution in [0, 0.1) is 13.8 Å². The highest BCUT2D eigenvalue weighted by Gasteiger charge is 2.17. The van der Waals surface area contributed by atoms with Gasteiger partial charge < -0.3 is 11.5 Å². The van der Waals surface area contributed by atoms with Crippen LogP contribution in [0.25, 0.3) is 11.6 Å². The smallest absolute Gasteiger partial charge is 0.0862 e. The van der Waals surface area contributed by atoms with Crippen LogP contribution in [0.2, 0.25) is 0 Å². The highest BCUT2D eigenvalue weighted by molar-refractivity contribution is 8.06. The highest BCUT2D eigenvalue weighted by Crippen LogP contribution is 2.31. The lowest BCUT2D eigenvalue weighted by Crippen LogP contribution is -2.15. The van der Waals surface area contributed by atoms with Crippen molar-refractivity contribution in [1.82, 2.24) is 0 Å². The molecule has 0 aliphatic heterocycles. The van der Waals surface area contributed by atoms with Gasteiger partial charge in [0.15, 0.2) is 0 Å². The van der Waals surface area contributed by atoms with Crippen LogP contribution in [-0.2, 0) is 5.41 Å². The Bertz CT molecular complexity index is 1080. The van der Waals surface area contributed by atoms with E-state index in [9.17, 15) is 0 Å². The maximum absolute atomic E-state index is 5.64. The van der Waals surface area contributed by atoms with E-state index < -0.39 is 0 Å². The van der Waals surface area contributed by atoms with Gasteiger partial charge in [0.25, 0.3) is 0 Å². The van der Waals surface area contributed by atoms with Crippen molar-refractivity contribution in [1.29, 1.82) is 0 Å². The largest absolute Gasteiger partial charge is 0.394 e. The van der Waals surface area contributed by atoms with Gasteiger partial charge in [-0.1, -0.05) is 139 Å². The third-order valence-corrected chi connectivity index (χ3v) is 7.65. The fraction of sp³-hybridized carbons (Fsp3) is 0.371. The topological polar surface area (TPSA) is 52.0 Å². The summed E-state index contributed by atoms with van der Waals surface area (Å²) in [6.07, 6.45) is 2.93. The number of thioether (sulfide) groups is 1. The van der Waals surface area contributed by atoms with Crippen LogP contribution >= 0.6 is 23.1 Å². The van der Waals surface area contributed by atoms with E-state index in [-0.39, 0.29) is 5.41 Å². The van der Waals surface area contributed by atoms with Crippen molar-refractivity contribution >= 4 is 39.7 Å². The number of nitrogen functional groups attached to an aromatic ring is 1. The Morgan fingerprint density at radius 3 is 1.64 bits per heavy atom. The number of anilines is 1. The molecule has 0 saturated heterocycles. The summed E-state index contributed by atoms with van der Waals surface area (Å²) in [5.41, 5.74) is 17.9. The standard InChI is InChI=1S/C17H25NS.C8H10.C6H7NS.2C2H6/c1-7-17(5,6)16-10-8-15(9-11-16)12(2)13(3)19-14(4)18;1-7-3-5-8(2)6-4-7;1-2-5-3-4-6(7)8-5;2*1-2/h8-11H,4,7,18H2,1-3,5-6H3;3-6H,1-2H3;2-4H,1,7H2;2*1-2H3/b13-12+;;;;. The molecule has 2 nitrogen and oxygen atoms in total. The molecule has 0 amide bonds. The first-order valence-electron chi connectivity index (χ1n) is 13.8. The van der Waals surface area contributed by atoms with Crippen molar-refractivity contribution < 1.29 is 0 Å². The molecule has 0 spiro atoms. The predicted molar refractivity (Wildman–Crippen MR) is 186 cm³/mol. The van der Waals surface area contributed by atoms with E-state index in [1.165, 1.54) is 44.5 Å². The Labute approximate surface area is 249 Å². The molecule has 0 saturated carbocycles. The summed E-state index contributed by atoms with van der Waals surface area (Å²) in [5.74, 6) is 0. The third kappa shape index (κ3) is 16.1. The molecule has 1 aromatic heterocycles. The minimum Gasteiger partial charge on any atom is -0.394 e. The lowest BCUT2D eigenvalue weighted by Gasteiger charge is -2.23. The van der Waals surface area contributed by atoms with Gasteiger partial charge in [0.1, 0.15) is 0 Å². The number of hydrogen-bond acceptors (Lipinski definition) is 4. The van der Waals surface area contributed by atoms with Gasteiger partial charge in [-0.15, -0.1) is 11.3 Å². The monoisotopic (exact) mass is 566 g/mol. The van der Waals surface area contributed by atoms with Crippen molar-refractivity contribution in [3.05, 3.63) is 111 Å². The van der Waals surface area contributed by atoms with E-state index in [4.69, 9.17) is 11.5 Å². The third-order valence-electron chi connectivity index (χ3n) is 5.86. The SMILES string of the molecule is C=C(N)S/C(C)=C(\C)c1ccc(C(C)(C)CC)cc1.C=Cc1ccc(N)s1.CC.CC.Cc1ccc(C)cc1. The average molecular weight is 567 g/mol. The summed E-state index contributed by atoms with van der Waals surface area (Å²) >= 11 is 3.08. The molecular formula is C35H54N2S2. The maximum Gasteiger partial charge on any atom is 0.0862 e. The molecule has 0 aliphatic rings. The first kappa shape index (κ1) is 38.5. The Kier molecular flexibility index (Phi) is 20.9. The van der Waals surface area contributed by atoms with Gasteiger partial charge in [-0.3, -0.25) is 0 Å². The van der Waals surface area contributed by atoms with E-state index in [0.717, 1.165) is 16.3 Å². The van der Waals surface area contributed by atoms with Gasteiger partial charge in [-0.05, 0) is 73.3 Å². The van der Waals surface area contributed by atoms with Crippen LogP contribution < -0.4 is 11.5 Å². The van der Waals surface area contributed by atoms with Crippen molar-refractivity contribution in [3.63, 3.8) is 0 Å². The molecule has 0 radical (unpaired) electrons. The maximum atomic E-state index is 5.64. The molecule has 3 rings (SSSR count). The molecule has 4 N–H and O–H groups in total.